The number of nitrogens with one attached hydrogen (secondary N) is 1. The van der Waals surface area contributed by atoms with Crippen LogP contribution in [-0.4, -0.2) is 37.1 Å². The van der Waals surface area contributed by atoms with Gasteiger partial charge in [-0.15, -0.1) is 0 Å². The van der Waals surface area contributed by atoms with E-state index in [4.69, 9.17) is 5.26 Å². The zero-order chi connectivity index (χ0) is 11.1. The summed E-state index contributed by atoms with van der Waals surface area (Å²) < 4.78 is 0. The van der Waals surface area contributed by atoms with Gasteiger partial charge in [-0.1, -0.05) is 20.3 Å². The molecule has 0 aromatic heterocycles. The van der Waals surface area contributed by atoms with Crippen molar-refractivity contribution in [3.63, 3.8) is 0 Å². The highest BCUT2D eigenvalue weighted by atomic mass is 15.2. The molecule has 1 aliphatic heterocycles. The average molecular weight is 209 g/mol. The molecule has 0 aromatic rings. The second kappa shape index (κ2) is 6.81. The second-order valence-electron chi connectivity index (χ2n) is 4.51. The molecule has 2 unspecified atom stereocenters. The average Bonchev–Trinajstić information content (AvgIpc) is 2.26. The van der Waals surface area contributed by atoms with Gasteiger partial charge in [0.1, 0.15) is 0 Å². The van der Waals surface area contributed by atoms with Gasteiger partial charge < -0.3 is 5.32 Å². The summed E-state index contributed by atoms with van der Waals surface area (Å²) >= 11 is 0. The first-order valence-corrected chi connectivity index (χ1v) is 6.12. The first kappa shape index (κ1) is 12.5. The molecule has 1 N–H and O–H groups in total. The fourth-order valence-electron chi connectivity index (χ4n) is 2.32. The Morgan fingerprint density at radius 1 is 1.40 bits per heavy atom. The number of nitriles is 1. The number of piperidine rings is 1. The Balaban J connectivity index is 2.40. The molecule has 0 bridgehead atoms. The molecule has 15 heavy (non-hydrogen) atoms. The topological polar surface area (TPSA) is 39.1 Å². The minimum Gasteiger partial charge on any atom is -0.313 e. The van der Waals surface area contributed by atoms with Gasteiger partial charge in [0.2, 0.25) is 0 Å². The van der Waals surface area contributed by atoms with E-state index < -0.39 is 0 Å². The van der Waals surface area contributed by atoms with Crippen molar-refractivity contribution in [3.05, 3.63) is 0 Å². The van der Waals surface area contributed by atoms with E-state index in [1.54, 1.807) is 0 Å². The molecule has 0 spiro atoms. The Morgan fingerprint density at radius 2 is 2.20 bits per heavy atom. The summed E-state index contributed by atoms with van der Waals surface area (Å²) in [5.41, 5.74) is 0. The van der Waals surface area contributed by atoms with E-state index in [2.05, 4.69) is 30.1 Å². The van der Waals surface area contributed by atoms with Crippen LogP contribution in [0.4, 0.5) is 0 Å². The van der Waals surface area contributed by atoms with Crippen LogP contribution >= 0.6 is 0 Å². The number of nitrogens with zero attached hydrogens (tertiary/aromatic N) is 2. The van der Waals surface area contributed by atoms with Crippen LogP contribution < -0.4 is 5.32 Å². The molecule has 86 valence electrons. The maximum atomic E-state index is 8.73. The third-order valence-electron chi connectivity index (χ3n) is 3.17. The van der Waals surface area contributed by atoms with Gasteiger partial charge in [0, 0.05) is 19.1 Å². The van der Waals surface area contributed by atoms with E-state index >= 15 is 0 Å². The molecule has 2 atom stereocenters. The Labute approximate surface area is 93.5 Å². The molecule has 1 rings (SSSR count). The summed E-state index contributed by atoms with van der Waals surface area (Å²) in [6.07, 6.45) is 3.69. The van der Waals surface area contributed by atoms with Crippen molar-refractivity contribution in [2.75, 3.05) is 26.2 Å². The molecule has 3 heteroatoms. The first-order valence-electron chi connectivity index (χ1n) is 6.12. The lowest BCUT2D eigenvalue weighted by molar-refractivity contribution is 0.153. The number of likely N-dealkylation sites (tertiary alicyclic amines) is 1. The van der Waals surface area contributed by atoms with Crippen molar-refractivity contribution in [2.24, 2.45) is 5.92 Å². The smallest absolute Gasteiger partial charge is 0.0866 e. The molecule has 0 aromatic carbocycles. The molecule has 1 saturated heterocycles. The zero-order valence-corrected chi connectivity index (χ0v) is 10.00. The molecular weight excluding hydrogens is 186 g/mol. The van der Waals surface area contributed by atoms with Gasteiger partial charge in [0.05, 0.1) is 12.6 Å². The SMILES string of the molecule is CCCNC1CC(CC)CN(CC#N)C1. The molecule has 1 fully saturated rings. The van der Waals surface area contributed by atoms with Crippen molar-refractivity contribution >= 4 is 0 Å². The van der Waals surface area contributed by atoms with Crippen LogP contribution in [0.25, 0.3) is 0 Å². The number of hydrogen-bond acceptors (Lipinski definition) is 3. The van der Waals surface area contributed by atoms with Gasteiger partial charge in [-0.2, -0.15) is 5.26 Å². The van der Waals surface area contributed by atoms with Crippen LogP contribution in [0.5, 0.6) is 0 Å². The van der Waals surface area contributed by atoms with Crippen molar-refractivity contribution in [2.45, 2.75) is 39.2 Å². The standard InChI is InChI=1S/C12H23N3/c1-3-6-14-12-8-11(4-2)9-15(10-12)7-5-13/h11-12,14H,3-4,6-10H2,1-2H3. The van der Waals surface area contributed by atoms with Crippen molar-refractivity contribution in [3.8, 4) is 6.07 Å². The summed E-state index contributed by atoms with van der Waals surface area (Å²) in [6, 6.07) is 2.85. The highest BCUT2D eigenvalue weighted by Gasteiger charge is 2.25. The predicted octanol–water partition coefficient (Wildman–Crippen LogP) is 1.61. The molecule has 1 heterocycles. The minimum atomic E-state index is 0.584. The lowest BCUT2D eigenvalue weighted by Crippen LogP contribution is -2.49. The summed E-state index contributed by atoms with van der Waals surface area (Å²) in [4.78, 5) is 2.28. The van der Waals surface area contributed by atoms with Crippen molar-refractivity contribution < 1.29 is 0 Å². The molecule has 0 radical (unpaired) electrons. The summed E-state index contributed by atoms with van der Waals surface area (Å²) in [5, 5.41) is 12.3. The van der Waals surface area contributed by atoms with Gasteiger partial charge in [-0.25, -0.2) is 0 Å². The molecule has 0 amide bonds. The highest BCUT2D eigenvalue weighted by Crippen LogP contribution is 2.19. The summed E-state index contributed by atoms with van der Waals surface area (Å²) in [7, 11) is 0. The fourth-order valence-corrected chi connectivity index (χ4v) is 2.32. The monoisotopic (exact) mass is 209 g/mol. The molecular formula is C12H23N3. The van der Waals surface area contributed by atoms with Crippen LogP contribution in [0.1, 0.15) is 33.1 Å². The van der Waals surface area contributed by atoms with E-state index in [0.29, 0.717) is 12.6 Å². The third kappa shape index (κ3) is 4.19. The van der Waals surface area contributed by atoms with Gasteiger partial charge in [0.15, 0.2) is 0 Å². The van der Waals surface area contributed by atoms with Gasteiger partial charge in [-0.05, 0) is 25.3 Å². The minimum absolute atomic E-state index is 0.584. The highest BCUT2D eigenvalue weighted by molar-refractivity contribution is 4.87. The third-order valence-corrected chi connectivity index (χ3v) is 3.17. The van der Waals surface area contributed by atoms with Gasteiger partial charge in [0.25, 0.3) is 0 Å². The van der Waals surface area contributed by atoms with E-state index in [9.17, 15) is 0 Å². The Kier molecular flexibility index (Phi) is 5.67. The fraction of sp³-hybridized carbons (Fsp3) is 0.917. The number of hydrogen-bond donors (Lipinski definition) is 1. The van der Waals surface area contributed by atoms with Crippen molar-refractivity contribution in [1.29, 1.82) is 5.26 Å². The molecule has 3 nitrogen and oxygen atoms in total. The molecule has 0 saturated carbocycles. The van der Waals surface area contributed by atoms with Crippen LogP contribution in [-0.2, 0) is 0 Å². The lowest BCUT2D eigenvalue weighted by Gasteiger charge is -2.36. The first-order chi connectivity index (χ1) is 7.30. The molecule has 1 aliphatic rings. The van der Waals surface area contributed by atoms with E-state index in [1.165, 1.54) is 19.3 Å². The normalized spacial score (nSPS) is 27.5. The largest absolute Gasteiger partial charge is 0.313 e. The quantitative estimate of drug-likeness (QED) is 0.699. The van der Waals surface area contributed by atoms with Crippen LogP contribution in [0.3, 0.4) is 0 Å². The Hall–Kier alpha value is -0.590. The Morgan fingerprint density at radius 3 is 2.80 bits per heavy atom. The Bertz CT molecular complexity index is 209. The lowest BCUT2D eigenvalue weighted by atomic mass is 9.92. The van der Waals surface area contributed by atoms with Crippen molar-refractivity contribution in [1.82, 2.24) is 10.2 Å². The maximum Gasteiger partial charge on any atom is 0.0866 e. The molecule has 0 aliphatic carbocycles. The summed E-state index contributed by atoms with van der Waals surface area (Å²) in [5.74, 6) is 0.765. The van der Waals surface area contributed by atoms with E-state index in [-0.39, 0.29) is 0 Å². The van der Waals surface area contributed by atoms with E-state index in [1.807, 2.05) is 0 Å². The zero-order valence-electron chi connectivity index (χ0n) is 10.00. The van der Waals surface area contributed by atoms with Gasteiger partial charge >= 0.3 is 0 Å². The number of rotatable bonds is 5. The summed E-state index contributed by atoms with van der Waals surface area (Å²) in [6.45, 7) is 8.28. The predicted molar refractivity (Wildman–Crippen MR) is 62.5 cm³/mol. The van der Waals surface area contributed by atoms with Crippen LogP contribution in [0.2, 0.25) is 0 Å². The maximum absolute atomic E-state index is 8.73. The second-order valence-corrected chi connectivity index (χ2v) is 4.51. The van der Waals surface area contributed by atoms with Gasteiger partial charge in [-0.3, -0.25) is 4.90 Å². The van der Waals surface area contributed by atoms with Crippen LogP contribution in [0, 0.1) is 17.2 Å². The van der Waals surface area contributed by atoms with E-state index in [0.717, 1.165) is 25.6 Å². The van der Waals surface area contributed by atoms with Crippen LogP contribution in [0.15, 0.2) is 0 Å².